The normalized spacial score (nSPS) is 12.9. The van der Waals surface area contributed by atoms with Gasteiger partial charge in [0.2, 0.25) is 5.91 Å². The van der Waals surface area contributed by atoms with Crippen molar-refractivity contribution in [2.75, 3.05) is 23.3 Å². The summed E-state index contributed by atoms with van der Waals surface area (Å²) < 4.78 is 40.1. The highest BCUT2D eigenvalue weighted by Crippen LogP contribution is 2.36. The fourth-order valence-electron chi connectivity index (χ4n) is 3.66. The van der Waals surface area contributed by atoms with Gasteiger partial charge in [-0.2, -0.15) is 0 Å². The molecule has 1 aliphatic heterocycles. The molecule has 7 nitrogen and oxygen atoms in total. The zero-order valence-electron chi connectivity index (χ0n) is 18.2. The number of hydrogen-bond acceptors (Lipinski definition) is 5. The van der Waals surface area contributed by atoms with E-state index >= 15 is 0 Å². The second kappa shape index (κ2) is 9.33. The molecule has 172 valence electrons. The summed E-state index contributed by atoms with van der Waals surface area (Å²) in [4.78, 5) is 13.9. The molecule has 3 aromatic rings. The predicted octanol–water partition coefficient (Wildman–Crippen LogP) is 5.24. The number of hydrogen-bond donors (Lipinski definition) is 1. The number of carbonyl (C=O) groups is 1. The van der Waals surface area contributed by atoms with Crippen LogP contribution < -0.4 is 19.1 Å². The number of methoxy groups -OCH3 is 1. The number of carbonyl (C=O) groups excluding carboxylic acids is 1. The minimum Gasteiger partial charge on any atom is -0.497 e. The molecule has 33 heavy (non-hydrogen) atoms. The Bertz CT molecular complexity index is 1310. The molecule has 9 heteroatoms. The van der Waals surface area contributed by atoms with Crippen molar-refractivity contribution in [1.29, 1.82) is 0 Å². The van der Waals surface area contributed by atoms with E-state index in [0.29, 0.717) is 35.9 Å². The molecule has 0 spiro atoms. The van der Waals surface area contributed by atoms with Crippen LogP contribution in [0, 0.1) is 0 Å². The summed E-state index contributed by atoms with van der Waals surface area (Å²) in [6, 6.07) is 16.5. The molecule has 0 bridgehead atoms. The molecule has 0 aromatic heterocycles. The number of amides is 1. The number of rotatable bonds is 7. The summed E-state index contributed by atoms with van der Waals surface area (Å²) in [5.41, 5.74) is 1.78. The fourth-order valence-corrected chi connectivity index (χ4v) is 4.95. The Morgan fingerprint density at radius 1 is 1.09 bits per heavy atom. The Hall–Kier alpha value is -3.23. The van der Waals surface area contributed by atoms with Gasteiger partial charge in [-0.15, -0.1) is 0 Å². The van der Waals surface area contributed by atoms with E-state index in [1.807, 2.05) is 0 Å². The highest BCUT2D eigenvalue weighted by Gasteiger charge is 2.26. The third kappa shape index (κ3) is 4.91. The van der Waals surface area contributed by atoms with Gasteiger partial charge in [0, 0.05) is 29.7 Å². The lowest BCUT2D eigenvalue weighted by atomic mass is 10.2. The van der Waals surface area contributed by atoms with Crippen molar-refractivity contribution in [2.45, 2.75) is 24.7 Å². The van der Waals surface area contributed by atoms with Crippen LogP contribution in [0.25, 0.3) is 0 Å². The van der Waals surface area contributed by atoms with E-state index in [-0.39, 0.29) is 22.2 Å². The molecule has 0 aliphatic carbocycles. The molecular formula is C24H23ClN2O5S. The number of fused-ring (bicyclic) bond motifs is 1. The van der Waals surface area contributed by atoms with Crippen LogP contribution in [-0.2, 0) is 21.2 Å². The highest BCUT2D eigenvalue weighted by molar-refractivity contribution is 7.92. The van der Waals surface area contributed by atoms with E-state index in [0.717, 1.165) is 11.3 Å². The molecule has 0 atom stereocenters. The van der Waals surface area contributed by atoms with Gasteiger partial charge in [-0.3, -0.25) is 9.52 Å². The molecule has 0 saturated heterocycles. The van der Waals surface area contributed by atoms with Crippen LogP contribution in [0.4, 0.5) is 11.4 Å². The Morgan fingerprint density at radius 3 is 2.64 bits per heavy atom. The van der Waals surface area contributed by atoms with Gasteiger partial charge in [0.15, 0.2) is 5.75 Å². The van der Waals surface area contributed by atoms with E-state index in [1.54, 1.807) is 67.5 Å². The lowest BCUT2D eigenvalue weighted by Crippen LogP contribution is -2.27. The van der Waals surface area contributed by atoms with Crippen molar-refractivity contribution in [1.82, 2.24) is 0 Å². The Labute approximate surface area is 197 Å². The van der Waals surface area contributed by atoms with Crippen molar-refractivity contribution in [2.24, 2.45) is 0 Å². The van der Waals surface area contributed by atoms with Crippen LogP contribution >= 0.6 is 11.6 Å². The Morgan fingerprint density at radius 2 is 1.88 bits per heavy atom. The third-order valence-electron chi connectivity index (χ3n) is 5.32. The second-order valence-corrected chi connectivity index (χ2v) is 9.59. The molecule has 1 heterocycles. The molecule has 1 aliphatic rings. The fraction of sp³-hybridized carbons (Fsp3) is 0.208. The van der Waals surface area contributed by atoms with E-state index in [1.165, 1.54) is 12.1 Å². The number of nitrogens with one attached hydrogen (secondary N) is 1. The molecule has 1 amide bonds. The maximum atomic E-state index is 13.2. The summed E-state index contributed by atoms with van der Waals surface area (Å²) in [5, 5.41) is 0.355. The summed E-state index contributed by atoms with van der Waals surface area (Å²) in [6.07, 6.45) is 0.998. The topological polar surface area (TPSA) is 84.9 Å². The summed E-state index contributed by atoms with van der Waals surface area (Å²) in [5.74, 6) is 1.39. The standard InChI is InChI=1S/C24H23ClN2O5S/c1-3-24(28)27-12-11-16-13-20(8-9-22(16)27)33(29,30)26-21-14-17(25)7-10-23(21)32-19-6-4-5-18(15-19)31-2/h4-10,13-15,26H,3,11-12H2,1-2H3. The van der Waals surface area contributed by atoms with Gasteiger partial charge in [-0.05, 0) is 60.5 Å². The van der Waals surface area contributed by atoms with Gasteiger partial charge in [0.05, 0.1) is 17.7 Å². The van der Waals surface area contributed by atoms with Crippen molar-refractivity contribution in [3.63, 3.8) is 0 Å². The first-order valence-electron chi connectivity index (χ1n) is 10.4. The summed E-state index contributed by atoms with van der Waals surface area (Å²) in [6.45, 7) is 2.35. The summed E-state index contributed by atoms with van der Waals surface area (Å²) >= 11 is 6.13. The SMILES string of the molecule is CCC(=O)N1CCc2cc(S(=O)(=O)Nc3cc(Cl)ccc3Oc3cccc(OC)c3)ccc21. The summed E-state index contributed by atoms with van der Waals surface area (Å²) in [7, 11) is -2.39. The third-order valence-corrected chi connectivity index (χ3v) is 6.91. The molecule has 4 rings (SSSR count). The lowest BCUT2D eigenvalue weighted by molar-refractivity contribution is -0.118. The first kappa shape index (κ1) is 22.9. The first-order valence-corrected chi connectivity index (χ1v) is 12.2. The number of sulfonamides is 1. The van der Waals surface area contributed by atoms with Crippen LogP contribution in [0.1, 0.15) is 18.9 Å². The van der Waals surface area contributed by atoms with Gasteiger partial charge in [-0.25, -0.2) is 8.42 Å². The van der Waals surface area contributed by atoms with Crippen molar-refractivity contribution in [3.8, 4) is 17.2 Å². The van der Waals surface area contributed by atoms with Crippen LogP contribution in [0.2, 0.25) is 5.02 Å². The molecule has 0 fully saturated rings. The number of nitrogens with zero attached hydrogens (tertiary/aromatic N) is 1. The van der Waals surface area contributed by atoms with Crippen LogP contribution in [0.15, 0.2) is 65.6 Å². The monoisotopic (exact) mass is 486 g/mol. The average Bonchev–Trinajstić information content (AvgIpc) is 3.23. The number of halogens is 1. The quantitative estimate of drug-likeness (QED) is 0.493. The van der Waals surface area contributed by atoms with Crippen LogP contribution in [-0.4, -0.2) is 28.0 Å². The largest absolute Gasteiger partial charge is 0.497 e. The predicted molar refractivity (Wildman–Crippen MR) is 128 cm³/mol. The molecule has 1 N–H and O–H groups in total. The van der Waals surface area contributed by atoms with E-state index < -0.39 is 10.0 Å². The highest BCUT2D eigenvalue weighted by atomic mass is 35.5. The van der Waals surface area contributed by atoms with Crippen molar-refractivity contribution >= 4 is 38.9 Å². The zero-order valence-corrected chi connectivity index (χ0v) is 19.7. The zero-order chi connectivity index (χ0) is 23.6. The molecule has 0 saturated carbocycles. The lowest BCUT2D eigenvalue weighted by Gasteiger charge is -2.17. The maximum Gasteiger partial charge on any atom is 0.262 e. The Kier molecular flexibility index (Phi) is 6.49. The minimum absolute atomic E-state index is 0.0146. The van der Waals surface area contributed by atoms with Gasteiger partial charge in [0.1, 0.15) is 11.5 Å². The number of anilines is 2. The van der Waals surface area contributed by atoms with Gasteiger partial charge in [-0.1, -0.05) is 24.6 Å². The molecule has 0 unspecified atom stereocenters. The van der Waals surface area contributed by atoms with E-state index in [4.69, 9.17) is 21.1 Å². The average molecular weight is 487 g/mol. The maximum absolute atomic E-state index is 13.2. The Balaban J connectivity index is 1.62. The minimum atomic E-state index is -3.94. The number of ether oxygens (including phenoxy) is 2. The van der Waals surface area contributed by atoms with Crippen LogP contribution in [0.3, 0.4) is 0 Å². The van der Waals surface area contributed by atoms with E-state index in [9.17, 15) is 13.2 Å². The van der Waals surface area contributed by atoms with Gasteiger partial charge < -0.3 is 14.4 Å². The van der Waals surface area contributed by atoms with Gasteiger partial charge in [0.25, 0.3) is 10.0 Å². The molecular weight excluding hydrogens is 464 g/mol. The van der Waals surface area contributed by atoms with Gasteiger partial charge >= 0.3 is 0 Å². The van der Waals surface area contributed by atoms with E-state index in [2.05, 4.69) is 4.72 Å². The van der Waals surface area contributed by atoms with Crippen molar-refractivity contribution in [3.05, 3.63) is 71.2 Å². The molecule has 0 radical (unpaired) electrons. The van der Waals surface area contributed by atoms with Crippen molar-refractivity contribution < 1.29 is 22.7 Å². The van der Waals surface area contributed by atoms with Crippen LogP contribution in [0.5, 0.6) is 17.2 Å². The number of benzene rings is 3. The second-order valence-electron chi connectivity index (χ2n) is 7.47. The molecule has 3 aromatic carbocycles. The smallest absolute Gasteiger partial charge is 0.262 e. The first-order chi connectivity index (χ1) is 15.8.